The summed E-state index contributed by atoms with van der Waals surface area (Å²) < 4.78 is 5.33. The summed E-state index contributed by atoms with van der Waals surface area (Å²) in [6, 6.07) is 5.99. The molecule has 7 heteroatoms. The Morgan fingerprint density at radius 2 is 2.00 bits per heavy atom. The Kier molecular flexibility index (Phi) is 6.07. The first-order chi connectivity index (χ1) is 12.8. The highest BCUT2D eigenvalue weighted by atomic mass is 32.4. The molecule has 146 valence electrons. The van der Waals surface area contributed by atoms with Crippen molar-refractivity contribution in [3.05, 3.63) is 41.2 Å². The van der Waals surface area contributed by atoms with E-state index in [0.717, 1.165) is 29.3 Å². The molecule has 2 unspecified atom stereocenters. The number of benzene rings is 1. The molecule has 2 heterocycles. The molecular formula is C20H28N3O2PS. The fourth-order valence-corrected chi connectivity index (χ4v) is 9.54. The average molecular weight is 406 g/mol. The van der Waals surface area contributed by atoms with Crippen LogP contribution in [0.25, 0.3) is 0 Å². The Hall–Kier alpha value is -1.65. The SMILES string of the molecule is COc1cc(C(CNc2nc(C)cc(C)n2)P2(=S)CC[C@H](C)C2)ccc1O. The van der Waals surface area contributed by atoms with Crippen molar-refractivity contribution in [2.24, 2.45) is 5.92 Å². The van der Waals surface area contributed by atoms with Crippen molar-refractivity contribution in [2.75, 3.05) is 31.3 Å². The molecule has 0 bridgehead atoms. The van der Waals surface area contributed by atoms with Crippen molar-refractivity contribution >= 4 is 23.8 Å². The molecular weight excluding hydrogens is 377 g/mol. The third-order valence-corrected chi connectivity index (χ3v) is 10.8. The second-order valence-corrected chi connectivity index (χ2v) is 13.1. The van der Waals surface area contributed by atoms with Gasteiger partial charge in [0.25, 0.3) is 0 Å². The van der Waals surface area contributed by atoms with Gasteiger partial charge in [0.15, 0.2) is 11.5 Å². The molecule has 0 radical (unpaired) electrons. The minimum Gasteiger partial charge on any atom is -0.504 e. The van der Waals surface area contributed by atoms with Crippen LogP contribution in [0.1, 0.15) is 36.0 Å². The monoisotopic (exact) mass is 405 g/mol. The number of nitrogens with one attached hydrogen (secondary N) is 1. The lowest BCUT2D eigenvalue weighted by Gasteiger charge is -2.29. The molecule has 5 nitrogen and oxygen atoms in total. The van der Waals surface area contributed by atoms with Crippen LogP contribution in [-0.4, -0.2) is 41.1 Å². The molecule has 3 atom stereocenters. The summed E-state index contributed by atoms with van der Waals surface area (Å²) in [4.78, 5) is 9.01. The summed E-state index contributed by atoms with van der Waals surface area (Å²) >= 11 is 6.25. The van der Waals surface area contributed by atoms with E-state index in [1.807, 2.05) is 32.0 Å². The molecule has 2 N–H and O–H groups in total. The predicted octanol–water partition coefficient (Wildman–Crippen LogP) is 4.48. The first kappa shape index (κ1) is 20.1. The van der Waals surface area contributed by atoms with Gasteiger partial charge in [-0.25, -0.2) is 9.97 Å². The number of hydrogen-bond acceptors (Lipinski definition) is 6. The number of phenolic OH excluding ortho intramolecular Hbond substituents is 1. The van der Waals surface area contributed by atoms with Gasteiger partial charge in [0.05, 0.1) is 7.11 Å². The second-order valence-electron chi connectivity index (χ2n) is 7.55. The number of hydrogen-bond donors (Lipinski definition) is 2. The van der Waals surface area contributed by atoms with Gasteiger partial charge in [0, 0.05) is 23.6 Å². The standard InChI is InChI=1S/C20H28N3O2PS/c1-13-7-8-26(27,12-13)19(16-5-6-17(24)18(10-16)25-4)11-21-20-22-14(2)9-15(3)23-20/h5-6,9-10,13,19,24H,7-8,11-12H2,1-4H3,(H,21,22,23)/t13-,19?,26?/m0/s1. The van der Waals surface area contributed by atoms with Crippen molar-refractivity contribution in [3.8, 4) is 11.5 Å². The van der Waals surface area contributed by atoms with Crippen LogP contribution >= 0.6 is 6.04 Å². The topological polar surface area (TPSA) is 67.3 Å². The summed E-state index contributed by atoms with van der Waals surface area (Å²) in [5, 5.41) is 13.4. The molecule has 3 rings (SSSR count). The van der Waals surface area contributed by atoms with Crippen molar-refractivity contribution in [1.82, 2.24) is 9.97 Å². The highest BCUT2D eigenvalue weighted by Crippen LogP contribution is 2.65. The van der Waals surface area contributed by atoms with Gasteiger partial charge in [0.2, 0.25) is 5.95 Å². The molecule has 0 saturated carbocycles. The van der Waals surface area contributed by atoms with E-state index >= 15 is 0 Å². The Morgan fingerprint density at radius 3 is 2.59 bits per heavy atom. The maximum atomic E-state index is 9.98. The van der Waals surface area contributed by atoms with E-state index in [2.05, 4.69) is 22.2 Å². The highest BCUT2D eigenvalue weighted by molar-refractivity contribution is 8.14. The van der Waals surface area contributed by atoms with Gasteiger partial charge in [-0.05, 0) is 68.3 Å². The van der Waals surface area contributed by atoms with E-state index in [9.17, 15) is 5.11 Å². The molecule has 1 aliphatic heterocycles. The zero-order chi connectivity index (χ0) is 19.6. The number of phenols is 1. The maximum Gasteiger partial charge on any atom is 0.223 e. The second kappa shape index (κ2) is 8.15. The van der Waals surface area contributed by atoms with Gasteiger partial charge in [0.1, 0.15) is 0 Å². The average Bonchev–Trinajstić information content (AvgIpc) is 2.95. The number of rotatable bonds is 6. The third kappa shape index (κ3) is 4.61. The molecule has 0 aliphatic carbocycles. The molecule has 1 aromatic carbocycles. The van der Waals surface area contributed by atoms with Gasteiger partial charge in [-0.15, -0.1) is 0 Å². The largest absolute Gasteiger partial charge is 0.504 e. The summed E-state index contributed by atoms with van der Waals surface area (Å²) in [5.74, 6) is 1.98. The first-order valence-corrected chi connectivity index (χ1v) is 12.6. The van der Waals surface area contributed by atoms with Crippen LogP contribution in [0.4, 0.5) is 5.95 Å². The van der Waals surface area contributed by atoms with E-state index < -0.39 is 6.04 Å². The summed E-state index contributed by atoms with van der Waals surface area (Å²) in [6.07, 6.45) is 3.43. The van der Waals surface area contributed by atoms with Gasteiger partial charge >= 0.3 is 0 Å². The predicted molar refractivity (Wildman–Crippen MR) is 115 cm³/mol. The van der Waals surface area contributed by atoms with Gasteiger partial charge < -0.3 is 15.2 Å². The zero-order valence-corrected chi connectivity index (χ0v) is 18.1. The number of aromatic nitrogens is 2. The molecule has 0 spiro atoms. The summed E-state index contributed by atoms with van der Waals surface area (Å²) in [6.45, 7) is 6.94. The fraction of sp³-hybridized carbons (Fsp3) is 0.500. The normalized spacial score (nSPS) is 23.2. The quantitative estimate of drug-likeness (QED) is 0.691. The Bertz CT molecular complexity index is 854. The number of aryl methyl sites for hydroxylation is 2. The van der Waals surface area contributed by atoms with Crippen LogP contribution in [-0.2, 0) is 11.8 Å². The summed E-state index contributed by atoms with van der Waals surface area (Å²) in [7, 11) is 1.58. The fourth-order valence-electron chi connectivity index (χ4n) is 3.88. The minimum absolute atomic E-state index is 0.155. The van der Waals surface area contributed by atoms with Crippen LogP contribution in [0.2, 0.25) is 0 Å². The van der Waals surface area contributed by atoms with Gasteiger partial charge in [-0.1, -0.05) is 24.8 Å². The Labute approximate surface area is 166 Å². The molecule has 27 heavy (non-hydrogen) atoms. The number of methoxy groups -OCH3 is 1. The summed E-state index contributed by atoms with van der Waals surface area (Å²) in [5.41, 5.74) is 3.23. The number of aromatic hydroxyl groups is 1. The van der Waals surface area contributed by atoms with E-state index in [1.54, 1.807) is 13.2 Å². The van der Waals surface area contributed by atoms with Crippen molar-refractivity contribution in [3.63, 3.8) is 0 Å². The number of nitrogens with zero attached hydrogens (tertiary/aromatic N) is 2. The molecule has 1 aromatic heterocycles. The lowest BCUT2D eigenvalue weighted by molar-refractivity contribution is 0.373. The molecule has 1 aliphatic rings. The lowest BCUT2D eigenvalue weighted by atomic mass is 10.1. The van der Waals surface area contributed by atoms with Crippen molar-refractivity contribution in [2.45, 2.75) is 32.9 Å². The zero-order valence-electron chi connectivity index (χ0n) is 16.4. The van der Waals surface area contributed by atoms with Crippen LogP contribution in [0.3, 0.4) is 0 Å². The van der Waals surface area contributed by atoms with E-state index in [0.29, 0.717) is 24.2 Å². The van der Waals surface area contributed by atoms with Crippen molar-refractivity contribution < 1.29 is 9.84 Å². The third-order valence-electron chi connectivity index (χ3n) is 5.21. The lowest BCUT2D eigenvalue weighted by Crippen LogP contribution is -2.16. The van der Waals surface area contributed by atoms with E-state index in [4.69, 9.17) is 16.5 Å². The number of ether oxygens (including phenoxy) is 1. The van der Waals surface area contributed by atoms with Crippen molar-refractivity contribution in [1.29, 1.82) is 0 Å². The minimum atomic E-state index is -1.59. The molecule has 1 fully saturated rings. The van der Waals surface area contributed by atoms with Crippen LogP contribution in [0.15, 0.2) is 24.3 Å². The van der Waals surface area contributed by atoms with Gasteiger partial charge in [-0.3, -0.25) is 0 Å². The highest BCUT2D eigenvalue weighted by Gasteiger charge is 2.36. The van der Waals surface area contributed by atoms with Crippen LogP contribution in [0.5, 0.6) is 11.5 Å². The molecule has 0 amide bonds. The smallest absolute Gasteiger partial charge is 0.223 e. The van der Waals surface area contributed by atoms with Crippen LogP contribution < -0.4 is 10.1 Å². The van der Waals surface area contributed by atoms with E-state index in [1.165, 1.54) is 6.42 Å². The first-order valence-electron chi connectivity index (χ1n) is 9.31. The molecule has 2 aromatic rings. The Balaban J connectivity index is 1.92. The molecule has 1 saturated heterocycles. The number of anilines is 1. The van der Waals surface area contributed by atoms with Gasteiger partial charge in [-0.2, -0.15) is 0 Å². The van der Waals surface area contributed by atoms with Crippen LogP contribution in [0, 0.1) is 19.8 Å². The maximum absolute atomic E-state index is 9.98. The Morgan fingerprint density at radius 1 is 1.30 bits per heavy atom. The van der Waals surface area contributed by atoms with E-state index in [-0.39, 0.29) is 11.4 Å².